The summed E-state index contributed by atoms with van der Waals surface area (Å²) in [5.74, 6) is 0.0334. The van der Waals surface area contributed by atoms with Crippen molar-refractivity contribution in [3.8, 4) is 0 Å². The topological polar surface area (TPSA) is 93.9 Å². The lowest BCUT2D eigenvalue weighted by atomic mass is 9.97. The van der Waals surface area contributed by atoms with E-state index in [9.17, 15) is 14.6 Å². The molecule has 2 atom stereocenters. The molecule has 2 aliphatic heterocycles. The van der Waals surface area contributed by atoms with E-state index in [2.05, 4.69) is 15.3 Å². The molecule has 4 rings (SSSR count). The van der Waals surface area contributed by atoms with Crippen molar-refractivity contribution in [1.29, 1.82) is 0 Å². The monoisotopic (exact) mass is 387 g/mol. The fourth-order valence-corrected chi connectivity index (χ4v) is 3.88. The molecular formula is C18H18FN5O2S. The zero-order valence-electron chi connectivity index (χ0n) is 14.2. The molecule has 3 heterocycles. The van der Waals surface area contributed by atoms with Gasteiger partial charge in [-0.2, -0.15) is 0 Å². The number of fused-ring (bicyclic) bond motifs is 1. The number of benzene rings is 1. The number of aromatic nitrogens is 2. The summed E-state index contributed by atoms with van der Waals surface area (Å²) in [7, 11) is 0. The van der Waals surface area contributed by atoms with Crippen LogP contribution >= 0.6 is 11.8 Å². The summed E-state index contributed by atoms with van der Waals surface area (Å²) in [6.07, 6.45) is 3.58. The highest BCUT2D eigenvalue weighted by molar-refractivity contribution is 8.16. The van der Waals surface area contributed by atoms with E-state index < -0.39 is 6.04 Å². The Labute approximate surface area is 159 Å². The van der Waals surface area contributed by atoms with Gasteiger partial charge < -0.3 is 20.4 Å². The Balaban J connectivity index is 1.67. The van der Waals surface area contributed by atoms with Crippen LogP contribution < -0.4 is 5.32 Å². The Morgan fingerprint density at radius 1 is 1.19 bits per heavy atom. The van der Waals surface area contributed by atoms with Crippen LogP contribution in [0.5, 0.6) is 0 Å². The van der Waals surface area contributed by atoms with Crippen LogP contribution in [-0.2, 0) is 0 Å². The van der Waals surface area contributed by atoms with E-state index in [1.807, 2.05) is 22.6 Å². The van der Waals surface area contributed by atoms with Gasteiger partial charge in [-0.05, 0) is 29.2 Å². The molecule has 0 saturated carbocycles. The molecule has 3 N–H and O–H groups in total. The molecule has 0 bridgehead atoms. The molecule has 1 aromatic carbocycles. The van der Waals surface area contributed by atoms with Crippen LogP contribution in [0.4, 0.5) is 10.3 Å². The summed E-state index contributed by atoms with van der Waals surface area (Å²) in [5.41, 5.74) is 1.64. The summed E-state index contributed by atoms with van der Waals surface area (Å²) in [6, 6.07) is 7.19. The van der Waals surface area contributed by atoms with Gasteiger partial charge in [0.15, 0.2) is 5.17 Å². The molecular weight excluding hydrogens is 369 g/mol. The van der Waals surface area contributed by atoms with E-state index in [4.69, 9.17) is 4.99 Å². The van der Waals surface area contributed by atoms with E-state index in [0.717, 1.165) is 16.4 Å². The highest BCUT2D eigenvalue weighted by atomic mass is 32.2. The minimum Gasteiger partial charge on any atom is -0.394 e. The van der Waals surface area contributed by atoms with Gasteiger partial charge in [0.05, 0.1) is 24.9 Å². The van der Waals surface area contributed by atoms with Gasteiger partial charge >= 0.3 is 0 Å². The van der Waals surface area contributed by atoms with Crippen molar-refractivity contribution in [2.75, 3.05) is 18.5 Å². The molecule has 2 unspecified atom stereocenters. The zero-order chi connectivity index (χ0) is 18.8. The number of halogens is 1. The fourth-order valence-electron chi connectivity index (χ4n) is 3.09. The van der Waals surface area contributed by atoms with Crippen LogP contribution in [0, 0.1) is 5.82 Å². The molecule has 0 fully saturated rings. The Morgan fingerprint density at radius 3 is 2.70 bits per heavy atom. The summed E-state index contributed by atoms with van der Waals surface area (Å²) in [4.78, 5) is 15.6. The van der Waals surface area contributed by atoms with E-state index >= 15 is 0 Å². The number of hydrogen-bond acceptors (Lipinski definition) is 8. The Hall–Kier alpha value is -2.49. The van der Waals surface area contributed by atoms with E-state index in [0.29, 0.717) is 5.95 Å². The smallest absolute Gasteiger partial charge is 0.223 e. The molecule has 7 nitrogen and oxygen atoms in total. The molecule has 27 heavy (non-hydrogen) atoms. The summed E-state index contributed by atoms with van der Waals surface area (Å²) in [6.45, 7) is -0.463. The standard InChI is InChI=1S/C18H18FN5O2S/c19-12-3-1-11(2-4-12)15-16(24-7-8-27-18(24)23-15)14-5-6-20-17(22-14)21-13(9-25)10-26/h1-8,13,15-16,25-26H,9-10H2,(H,20,21,22). The number of aliphatic imine (C=N–C) groups is 1. The molecule has 0 saturated heterocycles. The van der Waals surface area contributed by atoms with Crippen molar-refractivity contribution in [3.05, 3.63) is 65.2 Å². The van der Waals surface area contributed by atoms with Crippen molar-refractivity contribution in [2.24, 2.45) is 4.99 Å². The van der Waals surface area contributed by atoms with Gasteiger partial charge in [0.2, 0.25) is 5.95 Å². The molecule has 9 heteroatoms. The largest absolute Gasteiger partial charge is 0.394 e. The number of hydrogen-bond donors (Lipinski definition) is 3. The van der Waals surface area contributed by atoms with Crippen molar-refractivity contribution in [2.45, 2.75) is 18.1 Å². The normalized spacial score (nSPS) is 20.9. The van der Waals surface area contributed by atoms with Gasteiger partial charge in [-0.15, -0.1) is 0 Å². The Morgan fingerprint density at radius 2 is 1.96 bits per heavy atom. The summed E-state index contributed by atoms with van der Waals surface area (Å²) >= 11 is 1.53. The Kier molecular flexibility index (Phi) is 5.06. The number of thioether (sulfide) groups is 1. The van der Waals surface area contributed by atoms with Crippen LogP contribution in [0.1, 0.15) is 23.3 Å². The van der Waals surface area contributed by atoms with Gasteiger partial charge in [-0.25, -0.2) is 14.4 Å². The first kappa shape index (κ1) is 17.9. The maximum absolute atomic E-state index is 13.3. The van der Waals surface area contributed by atoms with Gasteiger partial charge in [-0.3, -0.25) is 4.99 Å². The predicted molar refractivity (Wildman–Crippen MR) is 102 cm³/mol. The van der Waals surface area contributed by atoms with Crippen molar-refractivity contribution in [1.82, 2.24) is 14.9 Å². The van der Waals surface area contributed by atoms with Gasteiger partial charge in [0.25, 0.3) is 0 Å². The lowest BCUT2D eigenvalue weighted by Crippen LogP contribution is -2.29. The average Bonchev–Trinajstić information content (AvgIpc) is 3.28. The molecule has 140 valence electrons. The van der Waals surface area contributed by atoms with Crippen molar-refractivity contribution in [3.63, 3.8) is 0 Å². The van der Waals surface area contributed by atoms with Crippen LogP contribution in [-0.4, -0.2) is 49.5 Å². The lowest BCUT2D eigenvalue weighted by Gasteiger charge is -2.25. The van der Waals surface area contributed by atoms with E-state index in [-0.39, 0.29) is 31.1 Å². The maximum atomic E-state index is 13.3. The molecule has 0 spiro atoms. The second kappa shape index (κ2) is 7.63. The third kappa shape index (κ3) is 3.53. The van der Waals surface area contributed by atoms with Gasteiger partial charge in [0, 0.05) is 12.4 Å². The van der Waals surface area contributed by atoms with Crippen LogP contribution in [0.3, 0.4) is 0 Å². The quantitative estimate of drug-likeness (QED) is 0.698. The van der Waals surface area contributed by atoms with Crippen LogP contribution in [0.25, 0.3) is 0 Å². The van der Waals surface area contributed by atoms with E-state index in [1.54, 1.807) is 18.3 Å². The fraction of sp³-hybridized carbons (Fsp3) is 0.278. The SMILES string of the molecule is OCC(CO)Nc1nccc(C2C(c3ccc(F)cc3)N=C3SC=CN32)n1. The summed E-state index contributed by atoms with van der Waals surface area (Å²) < 4.78 is 13.3. The first-order chi connectivity index (χ1) is 13.2. The first-order valence-corrected chi connectivity index (χ1v) is 9.33. The number of anilines is 1. The maximum Gasteiger partial charge on any atom is 0.223 e. The Bertz CT molecular complexity index is 872. The zero-order valence-corrected chi connectivity index (χ0v) is 15.1. The molecule has 0 amide bonds. The number of amidine groups is 1. The van der Waals surface area contributed by atoms with Crippen molar-refractivity contribution >= 4 is 22.9 Å². The number of aliphatic hydroxyl groups is 2. The van der Waals surface area contributed by atoms with E-state index in [1.165, 1.54) is 23.9 Å². The number of nitrogens with zero attached hydrogens (tertiary/aromatic N) is 4. The minimum absolute atomic E-state index is 0.193. The van der Waals surface area contributed by atoms with Crippen LogP contribution in [0.2, 0.25) is 0 Å². The highest BCUT2D eigenvalue weighted by Gasteiger charge is 2.40. The number of rotatable bonds is 6. The summed E-state index contributed by atoms with van der Waals surface area (Å²) in [5, 5.41) is 24.3. The molecule has 2 aliphatic rings. The van der Waals surface area contributed by atoms with Gasteiger partial charge in [-0.1, -0.05) is 23.9 Å². The number of aliphatic hydroxyl groups excluding tert-OH is 2. The molecule has 1 aromatic heterocycles. The lowest BCUT2D eigenvalue weighted by molar-refractivity contribution is 0.203. The predicted octanol–water partition coefficient (Wildman–Crippen LogP) is 2.05. The average molecular weight is 387 g/mol. The van der Waals surface area contributed by atoms with Crippen LogP contribution in [0.15, 0.2) is 53.1 Å². The first-order valence-electron chi connectivity index (χ1n) is 8.45. The van der Waals surface area contributed by atoms with Gasteiger partial charge in [0.1, 0.15) is 17.9 Å². The third-order valence-electron chi connectivity index (χ3n) is 4.43. The van der Waals surface area contributed by atoms with Crippen molar-refractivity contribution < 1.29 is 14.6 Å². The minimum atomic E-state index is -0.536. The molecule has 2 aromatic rings. The molecule has 0 radical (unpaired) electrons. The second-order valence-corrected chi connectivity index (χ2v) is 7.05. The highest BCUT2D eigenvalue weighted by Crippen LogP contribution is 2.46. The third-order valence-corrected chi connectivity index (χ3v) is 5.21. The molecule has 0 aliphatic carbocycles. The second-order valence-electron chi connectivity index (χ2n) is 6.17. The number of nitrogens with one attached hydrogen (secondary N) is 1.